The largest absolute Gasteiger partial charge is 0.496 e. The van der Waals surface area contributed by atoms with E-state index in [9.17, 15) is 4.39 Å². The zero-order valence-electron chi connectivity index (χ0n) is 8.30. The molecule has 0 fully saturated rings. The van der Waals surface area contributed by atoms with Crippen molar-refractivity contribution in [2.75, 3.05) is 7.11 Å². The number of rotatable bonds is 3. The topological polar surface area (TPSA) is 9.23 Å². The lowest BCUT2D eigenvalue weighted by Crippen LogP contribution is -1.98. The Morgan fingerprint density at radius 3 is 2.62 bits per heavy atom. The zero-order valence-corrected chi connectivity index (χ0v) is 8.30. The van der Waals surface area contributed by atoms with Crippen molar-refractivity contribution in [1.29, 1.82) is 0 Å². The van der Waals surface area contributed by atoms with Crippen LogP contribution in [0.15, 0.2) is 18.2 Å². The van der Waals surface area contributed by atoms with Crippen molar-refractivity contribution in [3.8, 4) is 5.75 Å². The van der Waals surface area contributed by atoms with Gasteiger partial charge in [0.05, 0.1) is 7.11 Å². The SMILES string of the molecule is COc1cc(F)ccc1CC(C)C. The highest BCUT2D eigenvalue weighted by Gasteiger charge is 2.05. The molecular weight excluding hydrogens is 167 g/mol. The average molecular weight is 182 g/mol. The molecular formula is C11H15FO. The highest BCUT2D eigenvalue weighted by molar-refractivity contribution is 5.34. The molecule has 0 radical (unpaired) electrons. The van der Waals surface area contributed by atoms with E-state index in [1.54, 1.807) is 13.2 Å². The zero-order chi connectivity index (χ0) is 9.84. The van der Waals surface area contributed by atoms with E-state index in [-0.39, 0.29) is 5.82 Å². The van der Waals surface area contributed by atoms with Gasteiger partial charge in [-0.2, -0.15) is 0 Å². The van der Waals surface area contributed by atoms with E-state index in [0.29, 0.717) is 11.7 Å². The minimum atomic E-state index is -0.246. The third kappa shape index (κ3) is 2.72. The third-order valence-corrected chi connectivity index (χ3v) is 1.88. The highest BCUT2D eigenvalue weighted by Crippen LogP contribution is 2.22. The second-order valence-electron chi connectivity index (χ2n) is 3.55. The van der Waals surface area contributed by atoms with Crippen molar-refractivity contribution in [2.24, 2.45) is 5.92 Å². The third-order valence-electron chi connectivity index (χ3n) is 1.88. The van der Waals surface area contributed by atoms with Crippen LogP contribution in [0.25, 0.3) is 0 Å². The maximum Gasteiger partial charge on any atom is 0.126 e. The van der Waals surface area contributed by atoms with Crippen molar-refractivity contribution >= 4 is 0 Å². The van der Waals surface area contributed by atoms with Gasteiger partial charge in [0.2, 0.25) is 0 Å². The Hall–Kier alpha value is -1.05. The molecule has 0 N–H and O–H groups in total. The first kappa shape index (κ1) is 10.0. The summed E-state index contributed by atoms with van der Waals surface area (Å²) in [5, 5.41) is 0. The standard InChI is InChI=1S/C11H15FO/c1-8(2)6-9-4-5-10(12)7-11(9)13-3/h4-5,7-8H,6H2,1-3H3. The van der Waals surface area contributed by atoms with Crippen LogP contribution >= 0.6 is 0 Å². The van der Waals surface area contributed by atoms with E-state index in [1.807, 2.05) is 0 Å². The van der Waals surface area contributed by atoms with Gasteiger partial charge < -0.3 is 4.74 Å². The minimum Gasteiger partial charge on any atom is -0.496 e. The second-order valence-corrected chi connectivity index (χ2v) is 3.55. The number of hydrogen-bond donors (Lipinski definition) is 0. The molecule has 0 unspecified atom stereocenters. The molecule has 1 rings (SSSR count). The van der Waals surface area contributed by atoms with Gasteiger partial charge in [-0.05, 0) is 24.0 Å². The monoisotopic (exact) mass is 182 g/mol. The molecule has 1 aromatic carbocycles. The van der Waals surface area contributed by atoms with Crippen LogP contribution in [0, 0.1) is 11.7 Å². The van der Waals surface area contributed by atoms with E-state index >= 15 is 0 Å². The molecule has 13 heavy (non-hydrogen) atoms. The van der Waals surface area contributed by atoms with E-state index < -0.39 is 0 Å². The first-order chi connectivity index (χ1) is 6.13. The van der Waals surface area contributed by atoms with E-state index in [1.165, 1.54) is 12.1 Å². The van der Waals surface area contributed by atoms with Gasteiger partial charge in [0.25, 0.3) is 0 Å². The lowest BCUT2D eigenvalue weighted by Gasteiger charge is -2.10. The van der Waals surface area contributed by atoms with E-state index in [0.717, 1.165) is 12.0 Å². The Labute approximate surface area is 78.5 Å². The fourth-order valence-corrected chi connectivity index (χ4v) is 1.33. The molecule has 0 amide bonds. The van der Waals surface area contributed by atoms with Crippen molar-refractivity contribution in [3.05, 3.63) is 29.6 Å². The van der Waals surface area contributed by atoms with Crippen LogP contribution in [0.4, 0.5) is 4.39 Å². The van der Waals surface area contributed by atoms with Gasteiger partial charge in [-0.15, -0.1) is 0 Å². The summed E-state index contributed by atoms with van der Waals surface area (Å²) in [5.41, 5.74) is 1.07. The summed E-state index contributed by atoms with van der Waals surface area (Å²) < 4.78 is 17.9. The van der Waals surface area contributed by atoms with Crippen molar-refractivity contribution in [2.45, 2.75) is 20.3 Å². The Morgan fingerprint density at radius 2 is 2.08 bits per heavy atom. The molecule has 0 atom stereocenters. The van der Waals surface area contributed by atoms with E-state index in [2.05, 4.69) is 13.8 Å². The predicted octanol–water partition coefficient (Wildman–Crippen LogP) is 3.03. The van der Waals surface area contributed by atoms with Gasteiger partial charge in [0, 0.05) is 6.07 Å². The number of methoxy groups -OCH3 is 1. The fourth-order valence-electron chi connectivity index (χ4n) is 1.33. The van der Waals surface area contributed by atoms with Crippen LogP contribution in [0.3, 0.4) is 0 Å². The quantitative estimate of drug-likeness (QED) is 0.698. The maximum atomic E-state index is 12.8. The van der Waals surface area contributed by atoms with Crippen LogP contribution in [0.2, 0.25) is 0 Å². The Kier molecular flexibility index (Phi) is 3.29. The van der Waals surface area contributed by atoms with Crippen molar-refractivity contribution < 1.29 is 9.13 Å². The first-order valence-corrected chi connectivity index (χ1v) is 4.46. The van der Waals surface area contributed by atoms with E-state index in [4.69, 9.17) is 4.74 Å². The van der Waals surface area contributed by atoms with Crippen LogP contribution < -0.4 is 4.74 Å². The Balaban J connectivity index is 2.92. The van der Waals surface area contributed by atoms with Gasteiger partial charge in [-0.3, -0.25) is 0 Å². The Morgan fingerprint density at radius 1 is 1.38 bits per heavy atom. The molecule has 72 valence electrons. The average Bonchev–Trinajstić information content (AvgIpc) is 2.07. The molecule has 0 aliphatic rings. The molecule has 0 saturated carbocycles. The van der Waals surface area contributed by atoms with Gasteiger partial charge >= 0.3 is 0 Å². The first-order valence-electron chi connectivity index (χ1n) is 4.46. The summed E-state index contributed by atoms with van der Waals surface area (Å²) in [7, 11) is 1.57. The summed E-state index contributed by atoms with van der Waals surface area (Å²) in [4.78, 5) is 0. The summed E-state index contributed by atoms with van der Waals surface area (Å²) >= 11 is 0. The molecule has 0 saturated heterocycles. The molecule has 2 heteroatoms. The van der Waals surface area contributed by atoms with Crippen LogP contribution in [0.1, 0.15) is 19.4 Å². The van der Waals surface area contributed by atoms with Gasteiger partial charge in [-0.25, -0.2) is 4.39 Å². The molecule has 0 spiro atoms. The molecule has 0 aliphatic heterocycles. The molecule has 0 bridgehead atoms. The lowest BCUT2D eigenvalue weighted by molar-refractivity contribution is 0.403. The van der Waals surface area contributed by atoms with Gasteiger partial charge in [0.15, 0.2) is 0 Å². The number of benzene rings is 1. The normalized spacial score (nSPS) is 10.5. The highest BCUT2D eigenvalue weighted by atomic mass is 19.1. The smallest absolute Gasteiger partial charge is 0.126 e. The fraction of sp³-hybridized carbons (Fsp3) is 0.455. The van der Waals surface area contributed by atoms with Crippen LogP contribution in [-0.2, 0) is 6.42 Å². The van der Waals surface area contributed by atoms with Crippen LogP contribution in [0.5, 0.6) is 5.75 Å². The molecule has 1 aromatic rings. The summed E-state index contributed by atoms with van der Waals surface area (Å²) in [6, 6.07) is 4.69. The molecule has 1 nitrogen and oxygen atoms in total. The predicted molar refractivity (Wildman–Crippen MR) is 51.5 cm³/mol. The van der Waals surface area contributed by atoms with Gasteiger partial charge in [0.1, 0.15) is 11.6 Å². The number of halogens is 1. The van der Waals surface area contributed by atoms with Crippen molar-refractivity contribution in [1.82, 2.24) is 0 Å². The minimum absolute atomic E-state index is 0.246. The second kappa shape index (κ2) is 4.26. The number of ether oxygens (including phenoxy) is 1. The Bertz CT molecular complexity index is 281. The number of hydrogen-bond acceptors (Lipinski definition) is 1. The van der Waals surface area contributed by atoms with Crippen molar-refractivity contribution in [3.63, 3.8) is 0 Å². The lowest BCUT2D eigenvalue weighted by atomic mass is 10.0. The summed E-state index contributed by atoms with van der Waals surface area (Å²) in [5.74, 6) is 0.956. The van der Waals surface area contributed by atoms with Crippen LogP contribution in [-0.4, -0.2) is 7.11 Å². The van der Waals surface area contributed by atoms with Gasteiger partial charge in [-0.1, -0.05) is 19.9 Å². The molecule has 0 aliphatic carbocycles. The molecule has 0 heterocycles. The summed E-state index contributed by atoms with van der Waals surface area (Å²) in [6.45, 7) is 4.26. The molecule has 0 aromatic heterocycles. The summed E-state index contributed by atoms with van der Waals surface area (Å²) in [6.07, 6.45) is 0.920. The maximum absolute atomic E-state index is 12.8.